The maximum Gasteiger partial charge on any atom is 0.325 e. The summed E-state index contributed by atoms with van der Waals surface area (Å²) in [5.41, 5.74) is 5.37. The van der Waals surface area contributed by atoms with E-state index in [9.17, 15) is 9.59 Å². The molecule has 0 unspecified atom stereocenters. The van der Waals surface area contributed by atoms with Crippen molar-refractivity contribution in [2.75, 3.05) is 19.7 Å². The molecule has 1 amide bonds. The summed E-state index contributed by atoms with van der Waals surface area (Å²) in [6.07, 6.45) is 3.73. The average Bonchev–Trinajstić information content (AvgIpc) is 2.85. The fourth-order valence-corrected chi connectivity index (χ4v) is 2.70. The predicted octanol–water partition coefficient (Wildman–Crippen LogP) is 1.31. The maximum absolute atomic E-state index is 12.7. The van der Waals surface area contributed by atoms with Crippen LogP contribution < -0.4 is 5.73 Å². The van der Waals surface area contributed by atoms with Gasteiger partial charge in [-0.2, -0.15) is 0 Å². The second-order valence-electron chi connectivity index (χ2n) is 5.52. The summed E-state index contributed by atoms with van der Waals surface area (Å²) in [4.78, 5) is 25.9. The van der Waals surface area contributed by atoms with Crippen molar-refractivity contribution in [1.82, 2.24) is 4.90 Å². The minimum atomic E-state index is -0.462. The molecule has 0 bridgehead atoms. The Kier molecular flexibility index (Phi) is 5.79. The molecular weight excluding hydrogens is 244 g/mol. The molecule has 1 fully saturated rings. The van der Waals surface area contributed by atoms with Gasteiger partial charge in [0.1, 0.15) is 6.54 Å². The van der Waals surface area contributed by atoms with E-state index in [1.54, 1.807) is 11.8 Å². The third-order valence-electron chi connectivity index (χ3n) is 3.89. The number of rotatable bonds is 6. The van der Waals surface area contributed by atoms with Gasteiger partial charge in [-0.3, -0.25) is 9.59 Å². The van der Waals surface area contributed by atoms with Crippen LogP contribution in [0, 0.1) is 5.41 Å². The molecule has 0 aromatic rings. The minimum absolute atomic E-state index is 0.00977. The van der Waals surface area contributed by atoms with Crippen molar-refractivity contribution in [3.63, 3.8) is 0 Å². The van der Waals surface area contributed by atoms with Crippen LogP contribution in [0.2, 0.25) is 0 Å². The van der Waals surface area contributed by atoms with Gasteiger partial charge in [-0.25, -0.2) is 0 Å². The van der Waals surface area contributed by atoms with E-state index in [1.807, 2.05) is 13.8 Å². The van der Waals surface area contributed by atoms with Gasteiger partial charge >= 0.3 is 5.97 Å². The van der Waals surface area contributed by atoms with Crippen molar-refractivity contribution in [3.05, 3.63) is 0 Å². The second-order valence-corrected chi connectivity index (χ2v) is 5.52. The number of carbonyl (C=O) groups excluding carboxylic acids is 2. The zero-order chi connectivity index (χ0) is 14.5. The zero-order valence-corrected chi connectivity index (χ0v) is 12.3. The Morgan fingerprint density at radius 2 is 1.89 bits per heavy atom. The summed E-state index contributed by atoms with van der Waals surface area (Å²) in [5, 5.41) is 0. The largest absolute Gasteiger partial charge is 0.465 e. The van der Waals surface area contributed by atoms with Gasteiger partial charge in [0, 0.05) is 12.6 Å². The van der Waals surface area contributed by atoms with Crippen molar-refractivity contribution >= 4 is 11.9 Å². The van der Waals surface area contributed by atoms with Gasteiger partial charge in [-0.1, -0.05) is 12.8 Å². The van der Waals surface area contributed by atoms with Crippen molar-refractivity contribution in [2.24, 2.45) is 11.1 Å². The summed E-state index contributed by atoms with van der Waals surface area (Å²) in [6.45, 7) is 6.30. The van der Waals surface area contributed by atoms with Crippen LogP contribution in [-0.2, 0) is 14.3 Å². The van der Waals surface area contributed by atoms with Crippen LogP contribution in [0.25, 0.3) is 0 Å². The molecule has 0 heterocycles. The number of amides is 1. The van der Waals surface area contributed by atoms with Gasteiger partial charge in [0.25, 0.3) is 0 Å². The molecule has 1 saturated carbocycles. The minimum Gasteiger partial charge on any atom is -0.465 e. The lowest BCUT2D eigenvalue weighted by Crippen LogP contribution is -2.51. The third kappa shape index (κ3) is 3.69. The summed E-state index contributed by atoms with van der Waals surface area (Å²) in [7, 11) is 0. The summed E-state index contributed by atoms with van der Waals surface area (Å²) in [6, 6.07) is -0.0269. The molecular formula is C14H26N2O3. The molecule has 2 N–H and O–H groups in total. The Morgan fingerprint density at radius 3 is 2.32 bits per heavy atom. The molecule has 0 radical (unpaired) electrons. The van der Waals surface area contributed by atoms with E-state index in [2.05, 4.69) is 0 Å². The van der Waals surface area contributed by atoms with Crippen LogP contribution in [0.15, 0.2) is 0 Å². The number of hydrogen-bond acceptors (Lipinski definition) is 4. The SMILES string of the molecule is CCOC(=O)CN(C(=O)C1(CN)CCCC1)C(C)C. The zero-order valence-electron chi connectivity index (χ0n) is 12.3. The quantitative estimate of drug-likeness (QED) is 0.738. The highest BCUT2D eigenvalue weighted by Crippen LogP contribution is 2.39. The first-order valence-corrected chi connectivity index (χ1v) is 7.13. The Morgan fingerprint density at radius 1 is 1.32 bits per heavy atom. The molecule has 0 spiro atoms. The highest BCUT2D eigenvalue weighted by molar-refractivity contribution is 5.87. The normalized spacial score (nSPS) is 17.5. The molecule has 5 nitrogen and oxygen atoms in total. The predicted molar refractivity (Wildman–Crippen MR) is 73.4 cm³/mol. The Hall–Kier alpha value is -1.10. The van der Waals surface area contributed by atoms with Crippen molar-refractivity contribution in [1.29, 1.82) is 0 Å². The number of esters is 1. The monoisotopic (exact) mass is 270 g/mol. The van der Waals surface area contributed by atoms with E-state index < -0.39 is 5.41 Å². The standard InChI is InChI=1S/C14H26N2O3/c1-4-19-12(17)9-16(11(2)3)13(18)14(10-15)7-5-6-8-14/h11H,4-10,15H2,1-3H3. The van der Waals surface area contributed by atoms with Gasteiger partial charge in [-0.15, -0.1) is 0 Å². The first-order valence-electron chi connectivity index (χ1n) is 7.13. The Balaban J connectivity index is 2.80. The van der Waals surface area contributed by atoms with Crippen molar-refractivity contribution < 1.29 is 14.3 Å². The summed E-state index contributed by atoms with van der Waals surface area (Å²) >= 11 is 0. The van der Waals surface area contributed by atoms with Gasteiger partial charge < -0.3 is 15.4 Å². The number of hydrogen-bond donors (Lipinski definition) is 1. The van der Waals surface area contributed by atoms with Crippen LogP contribution in [0.1, 0.15) is 46.5 Å². The summed E-state index contributed by atoms with van der Waals surface area (Å²) < 4.78 is 4.94. The van der Waals surface area contributed by atoms with Crippen LogP contribution in [0.5, 0.6) is 0 Å². The molecule has 0 saturated heterocycles. The molecule has 5 heteroatoms. The number of nitrogens with two attached hydrogens (primary N) is 1. The third-order valence-corrected chi connectivity index (χ3v) is 3.89. The van der Waals surface area contributed by atoms with E-state index in [0.29, 0.717) is 13.2 Å². The fourth-order valence-electron chi connectivity index (χ4n) is 2.70. The molecule has 19 heavy (non-hydrogen) atoms. The Labute approximate surface area is 115 Å². The van der Waals surface area contributed by atoms with Crippen LogP contribution in [0.3, 0.4) is 0 Å². The molecule has 0 aromatic heterocycles. The van der Waals surface area contributed by atoms with E-state index in [-0.39, 0.29) is 24.5 Å². The van der Waals surface area contributed by atoms with E-state index in [4.69, 9.17) is 10.5 Å². The summed E-state index contributed by atoms with van der Waals surface area (Å²) in [5.74, 6) is -0.342. The van der Waals surface area contributed by atoms with Gasteiger partial charge in [-0.05, 0) is 33.6 Å². The molecule has 1 aliphatic carbocycles. The lowest BCUT2D eigenvalue weighted by molar-refractivity contribution is -0.154. The van der Waals surface area contributed by atoms with Crippen LogP contribution in [0.4, 0.5) is 0 Å². The number of carbonyl (C=O) groups is 2. The van der Waals surface area contributed by atoms with Gasteiger partial charge in [0.15, 0.2) is 0 Å². The van der Waals surface area contributed by atoms with Gasteiger partial charge in [0.05, 0.1) is 12.0 Å². The lowest BCUT2D eigenvalue weighted by atomic mass is 9.84. The van der Waals surface area contributed by atoms with Crippen molar-refractivity contribution in [3.8, 4) is 0 Å². The van der Waals surface area contributed by atoms with E-state index in [0.717, 1.165) is 25.7 Å². The molecule has 0 aliphatic heterocycles. The highest BCUT2D eigenvalue weighted by Gasteiger charge is 2.43. The fraction of sp³-hybridized carbons (Fsp3) is 0.857. The lowest BCUT2D eigenvalue weighted by Gasteiger charge is -2.35. The first kappa shape index (κ1) is 16.0. The topological polar surface area (TPSA) is 72.6 Å². The number of nitrogens with zero attached hydrogens (tertiary/aromatic N) is 1. The van der Waals surface area contributed by atoms with Gasteiger partial charge in [0.2, 0.25) is 5.91 Å². The Bertz CT molecular complexity index is 323. The van der Waals surface area contributed by atoms with Crippen molar-refractivity contribution in [2.45, 2.75) is 52.5 Å². The first-order chi connectivity index (χ1) is 8.96. The molecule has 0 aromatic carbocycles. The van der Waals surface area contributed by atoms with E-state index >= 15 is 0 Å². The molecule has 110 valence electrons. The molecule has 0 atom stereocenters. The van der Waals surface area contributed by atoms with Crippen LogP contribution in [-0.4, -0.2) is 42.5 Å². The van der Waals surface area contributed by atoms with Crippen LogP contribution >= 0.6 is 0 Å². The molecule has 1 aliphatic rings. The van der Waals surface area contributed by atoms with E-state index in [1.165, 1.54) is 0 Å². The smallest absolute Gasteiger partial charge is 0.325 e. The average molecular weight is 270 g/mol. The second kappa shape index (κ2) is 6.89. The molecule has 1 rings (SSSR count). The maximum atomic E-state index is 12.7. The highest BCUT2D eigenvalue weighted by atomic mass is 16.5. The number of ether oxygens (including phenoxy) is 1.